The fourth-order valence-electron chi connectivity index (χ4n) is 1.44. The van der Waals surface area contributed by atoms with Crippen molar-refractivity contribution in [1.82, 2.24) is 0 Å². The second-order valence-electron chi connectivity index (χ2n) is 3.79. The molecule has 0 bridgehead atoms. The van der Waals surface area contributed by atoms with Crippen LogP contribution in [0.25, 0.3) is 0 Å². The number of primary amides is 1. The van der Waals surface area contributed by atoms with Gasteiger partial charge in [-0.05, 0) is 46.3 Å². The molecule has 4 nitrogen and oxygen atoms in total. The van der Waals surface area contributed by atoms with Crippen LogP contribution in [0.3, 0.4) is 0 Å². The summed E-state index contributed by atoms with van der Waals surface area (Å²) in [7, 11) is 0. The highest BCUT2D eigenvalue weighted by atomic mass is 79.9. The first kappa shape index (κ1) is 13.4. The van der Waals surface area contributed by atoms with Gasteiger partial charge in [-0.2, -0.15) is 0 Å². The zero-order chi connectivity index (χ0) is 14.0. The Morgan fingerprint density at radius 1 is 1.21 bits per heavy atom. The van der Waals surface area contributed by atoms with E-state index in [1.165, 1.54) is 30.3 Å². The van der Waals surface area contributed by atoms with E-state index in [0.29, 0.717) is 10.2 Å². The first-order valence-corrected chi connectivity index (χ1v) is 6.09. The molecular formula is C13H10BrFN2O2. The van der Waals surface area contributed by atoms with Gasteiger partial charge in [-0.3, -0.25) is 4.79 Å². The second-order valence-corrected chi connectivity index (χ2v) is 4.65. The Kier molecular flexibility index (Phi) is 3.71. The number of halogens is 2. The van der Waals surface area contributed by atoms with E-state index in [-0.39, 0.29) is 17.1 Å². The highest BCUT2D eigenvalue weighted by Gasteiger charge is 2.08. The van der Waals surface area contributed by atoms with Gasteiger partial charge in [-0.1, -0.05) is 0 Å². The molecule has 4 N–H and O–H groups in total. The molecule has 0 aromatic heterocycles. The standard InChI is InChI=1S/C13H10BrFN2O2/c14-9-3-2-8(6-10(9)15)19-12-5-7(13(17)18)1-4-11(12)16/h1-6H,16H2,(H2,17,18). The van der Waals surface area contributed by atoms with Gasteiger partial charge in [0.05, 0.1) is 10.2 Å². The number of rotatable bonds is 3. The Bertz CT molecular complexity index is 647. The highest BCUT2D eigenvalue weighted by molar-refractivity contribution is 9.10. The minimum atomic E-state index is -0.591. The number of hydrogen-bond acceptors (Lipinski definition) is 3. The first-order valence-electron chi connectivity index (χ1n) is 5.29. The maximum atomic E-state index is 13.4. The van der Waals surface area contributed by atoms with E-state index in [1.807, 2.05) is 0 Å². The molecular weight excluding hydrogens is 315 g/mol. The Balaban J connectivity index is 2.34. The summed E-state index contributed by atoms with van der Waals surface area (Å²) < 4.78 is 19.1. The quantitative estimate of drug-likeness (QED) is 0.851. The van der Waals surface area contributed by atoms with Crippen LogP contribution < -0.4 is 16.2 Å². The third kappa shape index (κ3) is 3.03. The van der Waals surface area contributed by atoms with Crippen LogP contribution in [-0.2, 0) is 0 Å². The molecule has 0 fully saturated rings. The van der Waals surface area contributed by atoms with E-state index >= 15 is 0 Å². The van der Waals surface area contributed by atoms with Crippen molar-refractivity contribution in [2.24, 2.45) is 5.73 Å². The second kappa shape index (κ2) is 5.27. The number of nitrogen functional groups attached to an aromatic ring is 1. The topological polar surface area (TPSA) is 78.3 Å². The molecule has 0 radical (unpaired) electrons. The zero-order valence-corrected chi connectivity index (χ0v) is 11.3. The number of carbonyl (C=O) groups is 1. The molecule has 19 heavy (non-hydrogen) atoms. The Labute approximate surface area is 117 Å². The number of benzene rings is 2. The summed E-state index contributed by atoms with van der Waals surface area (Å²) in [5.41, 5.74) is 11.5. The average molecular weight is 325 g/mol. The third-order valence-corrected chi connectivity index (χ3v) is 3.06. The van der Waals surface area contributed by atoms with Gasteiger partial charge in [0.2, 0.25) is 5.91 Å². The van der Waals surface area contributed by atoms with Gasteiger partial charge in [0.1, 0.15) is 11.6 Å². The molecule has 2 aromatic carbocycles. The summed E-state index contributed by atoms with van der Waals surface area (Å²) in [6.07, 6.45) is 0. The van der Waals surface area contributed by atoms with Crippen LogP contribution in [0.15, 0.2) is 40.9 Å². The molecule has 0 heterocycles. The van der Waals surface area contributed by atoms with Crippen molar-refractivity contribution < 1.29 is 13.9 Å². The Morgan fingerprint density at radius 3 is 2.58 bits per heavy atom. The van der Waals surface area contributed by atoms with Crippen molar-refractivity contribution in [3.8, 4) is 11.5 Å². The molecule has 0 aliphatic carbocycles. The van der Waals surface area contributed by atoms with Crippen molar-refractivity contribution in [1.29, 1.82) is 0 Å². The van der Waals surface area contributed by atoms with E-state index in [4.69, 9.17) is 16.2 Å². The molecule has 0 spiro atoms. The van der Waals surface area contributed by atoms with E-state index in [2.05, 4.69) is 15.9 Å². The summed E-state index contributed by atoms with van der Waals surface area (Å²) in [4.78, 5) is 11.1. The summed E-state index contributed by atoms with van der Waals surface area (Å²) in [5, 5.41) is 0. The maximum absolute atomic E-state index is 13.4. The SMILES string of the molecule is NC(=O)c1ccc(N)c(Oc2ccc(Br)c(F)c2)c1. The minimum Gasteiger partial charge on any atom is -0.455 e. The molecule has 6 heteroatoms. The first-order chi connectivity index (χ1) is 8.97. The Morgan fingerprint density at radius 2 is 1.95 bits per heavy atom. The van der Waals surface area contributed by atoms with E-state index in [0.717, 1.165) is 0 Å². The predicted octanol–water partition coefficient (Wildman–Crippen LogP) is 3.06. The van der Waals surface area contributed by atoms with Gasteiger partial charge >= 0.3 is 0 Å². The van der Waals surface area contributed by atoms with Crippen LogP contribution >= 0.6 is 15.9 Å². The van der Waals surface area contributed by atoms with E-state index in [9.17, 15) is 9.18 Å². The molecule has 98 valence electrons. The minimum absolute atomic E-state index is 0.248. The molecule has 0 saturated heterocycles. The van der Waals surface area contributed by atoms with Gasteiger partial charge < -0.3 is 16.2 Å². The highest BCUT2D eigenvalue weighted by Crippen LogP contribution is 2.30. The largest absolute Gasteiger partial charge is 0.455 e. The van der Waals surface area contributed by atoms with Gasteiger partial charge in [0.25, 0.3) is 0 Å². The molecule has 0 aliphatic heterocycles. The molecule has 2 rings (SSSR count). The number of anilines is 1. The van der Waals surface area contributed by atoms with Crippen LogP contribution in [0.1, 0.15) is 10.4 Å². The number of hydrogen-bond donors (Lipinski definition) is 2. The molecule has 0 saturated carbocycles. The lowest BCUT2D eigenvalue weighted by Crippen LogP contribution is -2.11. The smallest absolute Gasteiger partial charge is 0.248 e. The summed E-state index contributed by atoms with van der Waals surface area (Å²) in [6, 6.07) is 8.71. The lowest BCUT2D eigenvalue weighted by atomic mass is 10.2. The van der Waals surface area contributed by atoms with Crippen LogP contribution in [0, 0.1) is 5.82 Å². The van der Waals surface area contributed by atoms with E-state index < -0.39 is 11.7 Å². The van der Waals surface area contributed by atoms with Crippen molar-refractivity contribution in [2.45, 2.75) is 0 Å². The average Bonchev–Trinajstić information content (AvgIpc) is 2.36. The van der Waals surface area contributed by atoms with Crippen molar-refractivity contribution in [2.75, 3.05) is 5.73 Å². The van der Waals surface area contributed by atoms with Crippen LogP contribution in [0.5, 0.6) is 11.5 Å². The monoisotopic (exact) mass is 324 g/mol. The molecule has 0 atom stereocenters. The zero-order valence-electron chi connectivity index (χ0n) is 9.69. The third-order valence-electron chi connectivity index (χ3n) is 2.42. The van der Waals surface area contributed by atoms with Crippen molar-refractivity contribution in [3.05, 3.63) is 52.3 Å². The number of nitrogens with two attached hydrogens (primary N) is 2. The molecule has 1 amide bonds. The van der Waals surface area contributed by atoms with Gasteiger partial charge in [0.15, 0.2) is 5.75 Å². The summed E-state index contributed by atoms with van der Waals surface area (Å²) in [6.45, 7) is 0. The maximum Gasteiger partial charge on any atom is 0.248 e. The molecule has 2 aromatic rings. The predicted molar refractivity (Wildman–Crippen MR) is 73.5 cm³/mol. The van der Waals surface area contributed by atoms with Crippen LogP contribution in [-0.4, -0.2) is 5.91 Å². The lowest BCUT2D eigenvalue weighted by molar-refractivity contribution is 0.1000. The van der Waals surface area contributed by atoms with Gasteiger partial charge in [-0.25, -0.2) is 4.39 Å². The molecule has 0 unspecified atom stereocenters. The normalized spacial score (nSPS) is 10.2. The van der Waals surface area contributed by atoms with Crippen molar-refractivity contribution >= 4 is 27.5 Å². The van der Waals surface area contributed by atoms with Gasteiger partial charge in [0, 0.05) is 11.6 Å². The lowest BCUT2D eigenvalue weighted by Gasteiger charge is -2.10. The Hall–Kier alpha value is -2.08. The van der Waals surface area contributed by atoms with E-state index in [1.54, 1.807) is 6.07 Å². The van der Waals surface area contributed by atoms with Crippen LogP contribution in [0.2, 0.25) is 0 Å². The summed E-state index contributed by atoms with van der Waals surface area (Å²) in [5.74, 6) is -0.527. The van der Waals surface area contributed by atoms with Gasteiger partial charge in [-0.15, -0.1) is 0 Å². The fourth-order valence-corrected chi connectivity index (χ4v) is 1.69. The summed E-state index contributed by atoms with van der Waals surface area (Å²) >= 11 is 3.04. The van der Waals surface area contributed by atoms with Crippen LogP contribution in [0.4, 0.5) is 10.1 Å². The number of amides is 1. The fraction of sp³-hybridized carbons (Fsp3) is 0. The van der Waals surface area contributed by atoms with Crippen molar-refractivity contribution in [3.63, 3.8) is 0 Å². The number of carbonyl (C=O) groups excluding carboxylic acids is 1. The molecule has 0 aliphatic rings. The number of ether oxygens (including phenoxy) is 1.